The minimum Gasteiger partial charge on any atom is -0.322 e. The lowest BCUT2D eigenvalue weighted by atomic mass is 10.1. The fourth-order valence-electron chi connectivity index (χ4n) is 1.72. The van der Waals surface area contributed by atoms with E-state index in [1.165, 1.54) is 13.0 Å². The number of benzene rings is 1. The second-order valence-electron chi connectivity index (χ2n) is 4.52. The van der Waals surface area contributed by atoms with Crippen molar-refractivity contribution in [3.63, 3.8) is 0 Å². The summed E-state index contributed by atoms with van der Waals surface area (Å²) in [5.74, 6) is -0.769. The molecule has 0 aliphatic carbocycles. The van der Waals surface area contributed by atoms with Gasteiger partial charge in [-0.05, 0) is 31.2 Å². The Morgan fingerprint density at radius 1 is 1.09 bits per heavy atom. The van der Waals surface area contributed by atoms with E-state index in [9.17, 15) is 22.8 Å². The predicted molar refractivity (Wildman–Crippen MR) is 73.6 cm³/mol. The molecular formula is C15H11F3N2O2. The average molecular weight is 308 g/mol. The molecule has 114 valence electrons. The molecule has 22 heavy (non-hydrogen) atoms. The molecule has 1 aromatic carbocycles. The van der Waals surface area contributed by atoms with Crippen LogP contribution in [-0.2, 0) is 6.18 Å². The van der Waals surface area contributed by atoms with Gasteiger partial charge in [0, 0.05) is 17.4 Å². The Kier molecular flexibility index (Phi) is 4.25. The summed E-state index contributed by atoms with van der Waals surface area (Å²) >= 11 is 0. The second-order valence-corrected chi connectivity index (χ2v) is 4.52. The lowest BCUT2D eigenvalue weighted by Gasteiger charge is -2.08. The lowest BCUT2D eigenvalue weighted by Crippen LogP contribution is -2.14. The van der Waals surface area contributed by atoms with E-state index in [4.69, 9.17) is 0 Å². The third-order valence-electron chi connectivity index (χ3n) is 2.84. The third-order valence-corrected chi connectivity index (χ3v) is 2.84. The fraction of sp³-hybridized carbons (Fsp3) is 0.133. The highest BCUT2D eigenvalue weighted by atomic mass is 19.4. The van der Waals surface area contributed by atoms with Crippen molar-refractivity contribution in [1.82, 2.24) is 4.98 Å². The zero-order valence-corrected chi connectivity index (χ0v) is 11.4. The van der Waals surface area contributed by atoms with Crippen LogP contribution in [-0.4, -0.2) is 16.7 Å². The van der Waals surface area contributed by atoms with Crippen LogP contribution in [0.1, 0.15) is 33.3 Å². The Morgan fingerprint density at radius 2 is 1.82 bits per heavy atom. The van der Waals surface area contributed by atoms with Crippen molar-refractivity contribution in [1.29, 1.82) is 0 Å². The molecule has 0 fully saturated rings. The number of halogens is 3. The van der Waals surface area contributed by atoms with Gasteiger partial charge in [0.1, 0.15) is 5.69 Å². The quantitative estimate of drug-likeness (QED) is 0.882. The van der Waals surface area contributed by atoms with Crippen molar-refractivity contribution in [3.8, 4) is 0 Å². The Hall–Kier alpha value is -2.70. The highest BCUT2D eigenvalue weighted by molar-refractivity contribution is 6.04. The monoisotopic (exact) mass is 308 g/mol. The minimum atomic E-state index is -4.55. The number of alkyl halides is 3. The second kappa shape index (κ2) is 5.97. The van der Waals surface area contributed by atoms with E-state index in [2.05, 4.69) is 10.3 Å². The number of ketones is 1. The first-order valence-corrected chi connectivity index (χ1v) is 6.23. The van der Waals surface area contributed by atoms with Crippen LogP contribution in [0.4, 0.5) is 18.9 Å². The van der Waals surface area contributed by atoms with E-state index < -0.39 is 17.8 Å². The summed E-state index contributed by atoms with van der Waals surface area (Å²) in [5.41, 5.74) is -0.287. The van der Waals surface area contributed by atoms with Crippen LogP contribution in [0.25, 0.3) is 0 Å². The highest BCUT2D eigenvalue weighted by Crippen LogP contribution is 2.27. The number of anilines is 1. The van der Waals surface area contributed by atoms with Gasteiger partial charge in [0.05, 0.1) is 5.56 Å². The number of amides is 1. The summed E-state index contributed by atoms with van der Waals surface area (Å²) in [6, 6.07) is 8.02. The van der Waals surface area contributed by atoms with Gasteiger partial charge in [0.2, 0.25) is 0 Å². The van der Waals surface area contributed by atoms with Gasteiger partial charge in [0.25, 0.3) is 5.91 Å². The SMILES string of the molecule is CC(=O)c1cccc(NC(=O)c2ccc(C(F)(F)F)nc2)c1. The minimum absolute atomic E-state index is 0.0128. The number of nitrogens with zero attached hydrogens (tertiary/aromatic N) is 1. The van der Waals surface area contributed by atoms with Crippen LogP contribution in [0.5, 0.6) is 0 Å². The molecule has 0 unspecified atom stereocenters. The van der Waals surface area contributed by atoms with E-state index >= 15 is 0 Å². The van der Waals surface area contributed by atoms with Crippen molar-refractivity contribution >= 4 is 17.4 Å². The molecular weight excluding hydrogens is 297 g/mol. The molecule has 0 radical (unpaired) electrons. The highest BCUT2D eigenvalue weighted by Gasteiger charge is 2.32. The number of hydrogen-bond donors (Lipinski definition) is 1. The lowest BCUT2D eigenvalue weighted by molar-refractivity contribution is -0.141. The normalized spacial score (nSPS) is 11.1. The summed E-state index contributed by atoms with van der Waals surface area (Å²) in [6.07, 6.45) is -3.70. The van der Waals surface area contributed by atoms with Crippen molar-refractivity contribution in [2.75, 3.05) is 5.32 Å². The number of rotatable bonds is 3. The molecule has 2 aromatic rings. The number of aromatic nitrogens is 1. The fourth-order valence-corrected chi connectivity index (χ4v) is 1.72. The van der Waals surface area contributed by atoms with Crippen LogP contribution in [0.2, 0.25) is 0 Å². The van der Waals surface area contributed by atoms with Crippen LogP contribution in [0, 0.1) is 0 Å². The molecule has 0 saturated carbocycles. The first-order chi connectivity index (χ1) is 10.3. The molecule has 0 aliphatic rings. The van der Waals surface area contributed by atoms with Crippen molar-refractivity contribution in [2.45, 2.75) is 13.1 Å². The van der Waals surface area contributed by atoms with Crippen molar-refractivity contribution in [3.05, 3.63) is 59.4 Å². The maximum Gasteiger partial charge on any atom is 0.433 e. The predicted octanol–water partition coefficient (Wildman–Crippen LogP) is 3.56. The van der Waals surface area contributed by atoms with Gasteiger partial charge < -0.3 is 5.32 Å². The van der Waals surface area contributed by atoms with Crippen molar-refractivity contribution < 1.29 is 22.8 Å². The van der Waals surface area contributed by atoms with E-state index in [0.29, 0.717) is 11.3 Å². The summed E-state index contributed by atoms with van der Waals surface area (Å²) < 4.78 is 37.2. The Balaban J connectivity index is 2.15. The number of carbonyl (C=O) groups is 2. The van der Waals surface area contributed by atoms with E-state index in [1.54, 1.807) is 18.2 Å². The van der Waals surface area contributed by atoms with Crippen LogP contribution >= 0.6 is 0 Å². The van der Waals surface area contributed by atoms with Crippen molar-refractivity contribution in [2.24, 2.45) is 0 Å². The molecule has 1 aromatic heterocycles. The summed E-state index contributed by atoms with van der Waals surface area (Å²) in [4.78, 5) is 26.4. The zero-order valence-electron chi connectivity index (χ0n) is 11.4. The summed E-state index contributed by atoms with van der Waals surface area (Å²) in [6.45, 7) is 1.39. The molecule has 1 heterocycles. The smallest absolute Gasteiger partial charge is 0.322 e. The Labute approximate surface area is 124 Å². The molecule has 0 atom stereocenters. The number of carbonyl (C=O) groups excluding carboxylic acids is 2. The van der Waals surface area contributed by atoms with Gasteiger partial charge in [-0.15, -0.1) is 0 Å². The van der Waals surface area contributed by atoms with Gasteiger partial charge >= 0.3 is 6.18 Å². The Bertz CT molecular complexity index is 709. The average Bonchev–Trinajstić information content (AvgIpc) is 2.46. The molecule has 0 saturated heterocycles. The van der Waals surface area contributed by atoms with Gasteiger partial charge in [-0.3, -0.25) is 14.6 Å². The van der Waals surface area contributed by atoms with Gasteiger partial charge in [-0.1, -0.05) is 12.1 Å². The Morgan fingerprint density at radius 3 is 2.36 bits per heavy atom. The molecule has 0 spiro atoms. The molecule has 1 N–H and O–H groups in total. The maximum atomic E-state index is 12.4. The number of hydrogen-bond acceptors (Lipinski definition) is 3. The van der Waals surface area contributed by atoms with E-state index in [1.807, 2.05) is 0 Å². The molecule has 2 rings (SSSR count). The first kappa shape index (κ1) is 15.7. The summed E-state index contributed by atoms with van der Waals surface area (Å²) in [5, 5.41) is 2.50. The standard InChI is InChI=1S/C15H11F3N2O2/c1-9(21)10-3-2-4-12(7-10)20-14(22)11-5-6-13(19-8-11)15(16,17)18/h2-8H,1H3,(H,20,22). The number of pyridine rings is 1. The molecule has 1 amide bonds. The summed E-state index contributed by atoms with van der Waals surface area (Å²) in [7, 11) is 0. The molecule has 0 aliphatic heterocycles. The molecule has 4 nitrogen and oxygen atoms in total. The largest absolute Gasteiger partial charge is 0.433 e. The topological polar surface area (TPSA) is 59.1 Å². The first-order valence-electron chi connectivity index (χ1n) is 6.23. The third kappa shape index (κ3) is 3.69. The number of Topliss-reactive ketones (excluding diaryl/α,β-unsaturated/α-hetero) is 1. The van der Waals surface area contributed by atoms with Gasteiger partial charge in [-0.2, -0.15) is 13.2 Å². The van der Waals surface area contributed by atoms with Crippen LogP contribution in [0.3, 0.4) is 0 Å². The maximum absolute atomic E-state index is 12.4. The van der Waals surface area contributed by atoms with Crippen LogP contribution < -0.4 is 5.32 Å². The number of nitrogens with one attached hydrogen (secondary N) is 1. The van der Waals surface area contributed by atoms with Gasteiger partial charge in [0.15, 0.2) is 5.78 Å². The zero-order chi connectivity index (χ0) is 16.3. The van der Waals surface area contributed by atoms with E-state index in [0.717, 1.165) is 18.3 Å². The van der Waals surface area contributed by atoms with Crippen LogP contribution in [0.15, 0.2) is 42.6 Å². The van der Waals surface area contributed by atoms with Gasteiger partial charge in [-0.25, -0.2) is 0 Å². The molecule has 7 heteroatoms. The van der Waals surface area contributed by atoms with E-state index in [-0.39, 0.29) is 11.3 Å². The molecule has 0 bridgehead atoms.